The van der Waals surface area contributed by atoms with Gasteiger partial charge < -0.3 is 10.1 Å². The molecule has 0 spiro atoms. The standard InChI is InChI=1S/C19H20N4O2/c1-14-12-18(23(22-14)13-15-6-4-3-5-7-15)21-19(24)20-16-8-10-17(25-2)11-9-16/h3-12H,13H2,1-2H3,(H2,20,21,24). The number of aromatic nitrogens is 2. The third kappa shape index (κ3) is 4.38. The van der Waals surface area contributed by atoms with E-state index >= 15 is 0 Å². The highest BCUT2D eigenvalue weighted by molar-refractivity contribution is 5.99. The van der Waals surface area contributed by atoms with E-state index in [1.54, 1.807) is 36.1 Å². The van der Waals surface area contributed by atoms with Crippen molar-refractivity contribution in [2.45, 2.75) is 13.5 Å². The summed E-state index contributed by atoms with van der Waals surface area (Å²) in [5.41, 5.74) is 2.64. The van der Waals surface area contributed by atoms with E-state index in [9.17, 15) is 4.79 Å². The molecule has 3 rings (SSSR count). The Morgan fingerprint density at radius 2 is 1.80 bits per heavy atom. The summed E-state index contributed by atoms with van der Waals surface area (Å²) >= 11 is 0. The number of carbonyl (C=O) groups excluding carboxylic acids is 1. The van der Waals surface area contributed by atoms with Crippen molar-refractivity contribution in [3.8, 4) is 5.75 Å². The second-order valence-electron chi connectivity index (χ2n) is 5.62. The van der Waals surface area contributed by atoms with Gasteiger partial charge in [0.15, 0.2) is 0 Å². The molecular formula is C19H20N4O2. The minimum atomic E-state index is -0.320. The number of amides is 2. The molecule has 0 radical (unpaired) electrons. The lowest BCUT2D eigenvalue weighted by Crippen LogP contribution is -2.21. The second kappa shape index (κ2) is 7.53. The molecule has 0 unspecified atom stereocenters. The third-order valence-corrected chi connectivity index (χ3v) is 3.67. The zero-order chi connectivity index (χ0) is 17.6. The lowest BCUT2D eigenvalue weighted by molar-refractivity contribution is 0.262. The molecule has 1 heterocycles. The highest BCUT2D eigenvalue weighted by Gasteiger charge is 2.10. The highest BCUT2D eigenvalue weighted by Crippen LogP contribution is 2.16. The first-order valence-electron chi connectivity index (χ1n) is 7.94. The van der Waals surface area contributed by atoms with Crippen molar-refractivity contribution < 1.29 is 9.53 Å². The van der Waals surface area contributed by atoms with E-state index in [1.807, 2.05) is 43.3 Å². The molecular weight excluding hydrogens is 316 g/mol. The lowest BCUT2D eigenvalue weighted by Gasteiger charge is -2.10. The van der Waals surface area contributed by atoms with Crippen molar-refractivity contribution in [2.24, 2.45) is 0 Å². The van der Waals surface area contributed by atoms with Gasteiger partial charge in [0.2, 0.25) is 0 Å². The van der Waals surface area contributed by atoms with E-state index < -0.39 is 0 Å². The molecule has 2 N–H and O–H groups in total. The van der Waals surface area contributed by atoms with Crippen molar-refractivity contribution in [3.63, 3.8) is 0 Å². The van der Waals surface area contributed by atoms with Gasteiger partial charge in [0, 0.05) is 11.8 Å². The van der Waals surface area contributed by atoms with E-state index in [2.05, 4.69) is 15.7 Å². The predicted octanol–water partition coefficient (Wildman–Crippen LogP) is 3.89. The number of nitrogens with one attached hydrogen (secondary N) is 2. The smallest absolute Gasteiger partial charge is 0.324 e. The summed E-state index contributed by atoms with van der Waals surface area (Å²) < 4.78 is 6.88. The monoisotopic (exact) mass is 336 g/mol. The Morgan fingerprint density at radius 3 is 2.48 bits per heavy atom. The van der Waals surface area contributed by atoms with Gasteiger partial charge in [0.05, 0.1) is 19.3 Å². The number of ether oxygens (including phenoxy) is 1. The first-order chi connectivity index (χ1) is 12.1. The van der Waals surface area contributed by atoms with Gasteiger partial charge in [-0.25, -0.2) is 9.48 Å². The summed E-state index contributed by atoms with van der Waals surface area (Å²) in [5.74, 6) is 1.38. The molecule has 128 valence electrons. The van der Waals surface area contributed by atoms with Gasteiger partial charge in [0.25, 0.3) is 0 Å². The van der Waals surface area contributed by atoms with Crippen molar-refractivity contribution in [1.29, 1.82) is 0 Å². The van der Waals surface area contributed by atoms with Crippen molar-refractivity contribution in [1.82, 2.24) is 9.78 Å². The molecule has 0 atom stereocenters. The minimum absolute atomic E-state index is 0.320. The number of nitrogens with zero attached hydrogens (tertiary/aromatic N) is 2. The Labute approximate surface area is 146 Å². The van der Waals surface area contributed by atoms with Gasteiger partial charge >= 0.3 is 6.03 Å². The average Bonchev–Trinajstić information content (AvgIpc) is 2.95. The number of anilines is 2. The summed E-state index contributed by atoms with van der Waals surface area (Å²) in [6.07, 6.45) is 0. The first-order valence-corrected chi connectivity index (χ1v) is 7.94. The maximum Gasteiger partial charge on any atom is 0.324 e. The average molecular weight is 336 g/mol. The molecule has 2 aromatic carbocycles. The van der Waals surface area contributed by atoms with Crippen LogP contribution in [0.3, 0.4) is 0 Å². The van der Waals surface area contributed by atoms with Crippen LogP contribution < -0.4 is 15.4 Å². The number of methoxy groups -OCH3 is 1. The van der Waals surface area contributed by atoms with E-state index in [4.69, 9.17) is 4.74 Å². The van der Waals surface area contributed by atoms with E-state index in [0.717, 1.165) is 17.0 Å². The number of benzene rings is 2. The normalized spacial score (nSPS) is 10.3. The molecule has 2 amide bonds. The Morgan fingerprint density at radius 1 is 1.08 bits per heavy atom. The number of aryl methyl sites for hydroxylation is 1. The molecule has 0 saturated heterocycles. The minimum Gasteiger partial charge on any atom is -0.497 e. The van der Waals surface area contributed by atoms with Crippen LogP contribution in [-0.2, 0) is 6.54 Å². The van der Waals surface area contributed by atoms with Gasteiger partial charge in [-0.05, 0) is 36.8 Å². The second-order valence-corrected chi connectivity index (χ2v) is 5.62. The van der Waals surface area contributed by atoms with Crippen molar-refractivity contribution in [2.75, 3.05) is 17.7 Å². The maximum absolute atomic E-state index is 12.3. The van der Waals surface area contributed by atoms with Crippen LogP contribution in [0, 0.1) is 6.92 Å². The molecule has 0 aliphatic carbocycles. The van der Waals surface area contributed by atoms with Crippen LogP contribution in [0.15, 0.2) is 60.7 Å². The molecule has 6 heteroatoms. The Bertz CT molecular complexity index is 842. The third-order valence-electron chi connectivity index (χ3n) is 3.67. The molecule has 0 aliphatic heterocycles. The lowest BCUT2D eigenvalue weighted by atomic mass is 10.2. The van der Waals surface area contributed by atoms with E-state index in [0.29, 0.717) is 18.1 Å². The van der Waals surface area contributed by atoms with Crippen molar-refractivity contribution in [3.05, 3.63) is 71.9 Å². The Hall–Kier alpha value is -3.28. The maximum atomic E-state index is 12.3. The molecule has 3 aromatic rings. The van der Waals surface area contributed by atoms with Crippen LogP contribution in [0.4, 0.5) is 16.3 Å². The Kier molecular flexibility index (Phi) is 4.99. The molecule has 25 heavy (non-hydrogen) atoms. The summed E-state index contributed by atoms with van der Waals surface area (Å²) in [6, 6.07) is 18.7. The molecule has 0 saturated carbocycles. The van der Waals surface area contributed by atoms with Gasteiger partial charge in [-0.1, -0.05) is 30.3 Å². The predicted molar refractivity (Wildman–Crippen MR) is 98.1 cm³/mol. The fraction of sp³-hybridized carbons (Fsp3) is 0.158. The quantitative estimate of drug-likeness (QED) is 0.743. The molecule has 0 bridgehead atoms. The number of hydrogen-bond acceptors (Lipinski definition) is 3. The van der Waals surface area contributed by atoms with Crippen LogP contribution in [-0.4, -0.2) is 22.9 Å². The van der Waals surface area contributed by atoms with Crippen LogP contribution in [0.25, 0.3) is 0 Å². The highest BCUT2D eigenvalue weighted by atomic mass is 16.5. The van der Waals surface area contributed by atoms with Crippen LogP contribution in [0.2, 0.25) is 0 Å². The zero-order valence-corrected chi connectivity index (χ0v) is 14.2. The van der Waals surface area contributed by atoms with Gasteiger partial charge in [-0.3, -0.25) is 5.32 Å². The van der Waals surface area contributed by atoms with Gasteiger partial charge in [-0.2, -0.15) is 5.10 Å². The first kappa shape index (κ1) is 16.6. The molecule has 0 aliphatic rings. The summed E-state index contributed by atoms with van der Waals surface area (Å²) in [7, 11) is 1.60. The number of urea groups is 1. The molecule has 0 fully saturated rings. The fourth-order valence-electron chi connectivity index (χ4n) is 2.48. The van der Waals surface area contributed by atoms with E-state index in [1.165, 1.54) is 0 Å². The van der Waals surface area contributed by atoms with Crippen LogP contribution >= 0.6 is 0 Å². The SMILES string of the molecule is COc1ccc(NC(=O)Nc2cc(C)nn2Cc2ccccc2)cc1. The zero-order valence-electron chi connectivity index (χ0n) is 14.2. The summed E-state index contributed by atoms with van der Waals surface area (Å²) in [6.45, 7) is 2.49. The molecule has 6 nitrogen and oxygen atoms in total. The van der Waals surface area contributed by atoms with Gasteiger partial charge in [-0.15, -0.1) is 0 Å². The topological polar surface area (TPSA) is 68.2 Å². The van der Waals surface area contributed by atoms with Crippen LogP contribution in [0.1, 0.15) is 11.3 Å². The van der Waals surface area contributed by atoms with E-state index in [-0.39, 0.29) is 6.03 Å². The van der Waals surface area contributed by atoms with Crippen molar-refractivity contribution >= 4 is 17.5 Å². The van der Waals surface area contributed by atoms with Gasteiger partial charge in [0.1, 0.15) is 11.6 Å². The van der Waals surface area contributed by atoms with Crippen LogP contribution in [0.5, 0.6) is 5.75 Å². The number of carbonyl (C=O) groups is 1. The molecule has 1 aromatic heterocycles. The summed E-state index contributed by atoms with van der Waals surface area (Å²) in [5, 5.41) is 10.1. The number of rotatable bonds is 5. The summed E-state index contributed by atoms with van der Waals surface area (Å²) in [4.78, 5) is 12.3. The largest absolute Gasteiger partial charge is 0.497 e. The fourth-order valence-corrected chi connectivity index (χ4v) is 2.48. The number of hydrogen-bond donors (Lipinski definition) is 2. The Balaban J connectivity index is 1.68.